The van der Waals surface area contributed by atoms with E-state index in [4.69, 9.17) is 23.8 Å². The molecule has 0 bridgehead atoms. The van der Waals surface area contributed by atoms with Gasteiger partial charge in [0.2, 0.25) is 5.91 Å². The molecule has 0 unspecified atom stereocenters. The second-order valence-corrected chi connectivity index (χ2v) is 6.15. The SMILES string of the molecule is CCCN(CCC)C(=O)Cn1c(-c2ccc(Cl)cc2)n[nH]c1=S. The van der Waals surface area contributed by atoms with Gasteiger partial charge >= 0.3 is 0 Å². The van der Waals surface area contributed by atoms with E-state index in [1.807, 2.05) is 17.0 Å². The summed E-state index contributed by atoms with van der Waals surface area (Å²) in [7, 11) is 0. The van der Waals surface area contributed by atoms with Gasteiger partial charge < -0.3 is 4.90 Å². The summed E-state index contributed by atoms with van der Waals surface area (Å²) in [6.07, 6.45) is 1.87. The predicted octanol–water partition coefficient (Wildman–Crippen LogP) is 3.91. The third kappa shape index (κ3) is 4.42. The summed E-state index contributed by atoms with van der Waals surface area (Å²) in [6, 6.07) is 7.32. The van der Waals surface area contributed by atoms with Crippen LogP contribution in [0, 0.1) is 4.77 Å². The smallest absolute Gasteiger partial charge is 0.242 e. The lowest BCUT2D eigenvalue weighted by Gasteiger charge is -2.22. The Morgan fingerprint density at radius 3 is 2.43 bits per heavy atom. The highest BCUT2D eigenvalue weighted by Gasteiger charge is 2.16. The van der Waals surface area contributed by atoms with E-state index in [-0.39, 0.29) is 12.5 Å². The first-order valence-electron chi connectivity index (χ1n) is 7.75. The number of nitrogens with one attached hydrogen (secondary N) is 1. The zero-order chi connectivity index (χ0) is 16.8. The molecule has 0 aliphatic rings. The molecular formula is C16H21ClN4OS. The van der Waals surface area contributed by atoms with Crippen molar-refractivity contribution in [3.8, 4) is 11.4 Å². The number of H-pyrrole nitrogens is 1. The summed E-state index contributed by atoms with van der Waals surface area (Å²) in [5, 5.41) is 7.68. The van der Waals surface area contributed by atoms with E-state index >= 15 is 0 Å². The number of halogens is 1. The van der Waals surface area contributed by atoms with E-state index in [2.05, 4.69) is 24.0 Å². The highest BCUT2D eigenvalue weighted by Crippen LogP contribution is 2.20. The van der Waals surface area contributed by atoms with E-state index in [0.29, 0.717) is 15.6 Å². The van der Waals surface area contributed by atoms with Crippen molar-refractivity contribution in [1.29, 1.82) is 0 Å². The van der Waals surface area contributed by atoms with Gasteiger partial charge in [0.1, 0.15) is 6.54 Å². The molecule has 23 heavy (non-hydrogen) atoms. The third-order valence-corrected chi connectivity index (χ3v) is 4.06. The summed E-state index contributed by atoms with van der Waals surface area (Å²) in [5.74, 6) is 0.703. The van der Waals surface area contributed by atoms with Gasteiger partial charge in [-0.05, 0) is 49.3 Å². The second-order valence-electron chi connectivity index (χ2n) is 5.33. The molecule has 2 rings (SSSR count). The quantitative estimate of drug-likeness (QED) is 0.768. The number of carbonyl (C=O) groups excluding carboxylic acids is 1. The summed E-state index contributed by atoms with van der Waals surface area (Å²) in [6.45, 7) is 5.84. The van der Waals surface area contributed by atoms with Gasteiger partial charge in [0, 0.05) is 23.7 Å². The Bertz CT molecular complexity index is 702. The minimum Gasteiger partial charge on any atom is -0.341 e. The van der Waals surface area contributed by atoms with Gasteiger partial charge in [-0.2, -0.15) is 5.10 Å². The number of nitrogens with zero attached hydrogens (tertiary/aromatic N) is 3. The topological polar surface area (TPSA) is 53.9 Å². The first-order chi connectivity index (χ1) is 11.1. The van der Waals surface area contributed by atoms with Crippen molar-refractivity contribution in [1.82, 2.24) is 19.7 Å². The molecule has 0 atom stereocenters. The van der Waals surface area contributed by atoms with Crippen molar-refractivity contribution >= 4 is 29.7 Å². The molecule has 0 aliphatic heterocycles. The fourth-order valence-electron chi connectivity index (χ4n) is 2.42. The third-order valence-electron chi connectivity index (χ3n) is 3.49. The number of amides is 1. The fourth-order valence-corrected chi connectivity index (χ4v) is 2.74. The maximum atomic E-state index is 12.6. The molecule has 0 radical (unpaired) electrons. The molecule has 0 fully saturated rings. The van der Waals surface area contributed by atoms with Crippen LogP contribution in [0.15, 0.2) is 24.3 Å². The molecule has 1 N–H and O–H groups in total. The van der Waals surface area contributed by atoms with E-state index < -0.39 is 0 Å². The lowest BCUT2D eigenvalue weighted by molar-refractivity contribution is -0.131. The second kappa shape index (κ2) is 8.26. The summed E-state index contributed by atoms with van der Waals surface area (Å²) in [5.41, 5.74) is 0.868. The van der Waals surface area contributed by atoms with Crippen LogP contribution in [-0.2, 0) is 11.3 Å². The highest BCUT2D eigenvalue weighted by atomic mass is 35.5. The summed E-state index contributed by atoms with van der Waals surface area (Å²) >= 11 is 11.2. The molecule has 2 aromatic rings. The lowest BCUT2D eigenvalue weighted by Crippen LogP contribution is -2.35. The molecule has 124 valence electrons. The number of aromatic amines is 1. The minimum atomic E-state index is 0.0569. The van der Waals surface area contributed by atoms with E-state index in [9.17, 15) is 4.79 Å². The number of benzene rings is 1. The van der Waals surface area contributed by atoms with Gasteiger partial charge in [-0.3, -0.25) is 14.5 Å². The van der Waals surface area contributed by atoms with Crippen LogP contribution in [0.5, 0.6) is 0 Å². The Morgan fingerprint density at radius 2 is 1.87 bits per heavy atom. The molecule has 0 spiro atoms. The van der Waals surface area contributed by atoms with Crippen molar-refractivity contribution in [2.45, 2.75) is 33.2 Å². The van der Waals surface area contributed by atoms with Gasteiger partial charge in [0.05, 0.1) is 0 Å². The molecule has 5 nitrogen and oxygen atoms in total. The van der Waals surface area contributed by atoms with Crippen LogP contribution in [-0.4, -0.2) is 38.7 Å². The Morgan fingerprint density at radius 1 is 1.26 bits per heavy atom. The summed E-state index contributed by atoms with van der Waals surface area (Å²) < 4.78 is 2.18. The first-order valence-corrected chi connectivity index (χ1v) is 8.54. The maximum Gasteiger partial charge on any atom is 0.242 e. The van der Waals surface area contributed by atoms with Gasteiger partial charge in [-0.25, -0.2) is 0 Å². The van der Waals surface area contributed by atoms with Crippen molar-refractivity contribution in [3.05, 3.63) is 34.1 Å². The number of carbonyl (C=O) groups is 1. The number of hydrogen-bond donors (Lipinski definition) is 1. The number of rotatable bonds is 7. The maximum absolute atomic E-state index is 12.6. The zero-order valence-electron chi connectivity index (χ0n) is 13.4. The van der Waals surface area contributed by atoms with Gasteiger partial charge in [-0.15, -0.1) is 0 Å². The summed E-state index contributed by atoms with van der Waals surface area (Å²) in [4.78, 5) is 14.5. The van der Waals surface area contributed by atoms with E-state index in [1.54, 1.807) is 16.7 Å². The molecule has 0 saturated heterocycles. The average molecular weight is 353 g/mol. The van der Waals surface area contributed by atoms with Crippen molar-refractivity contribution < 1.29 is 4.79 Å². The van der Waals surface area contributed by atoms with Crippen LogP contribution in [0.1, 0.15) is 26.7 Å². The van der Waals surface area contributed by atoms with Crippen LogP contribution in [0.4, 0.5) is 0 Å². The molecular weight excluding hydrogens is 332 g/mol. The predicted molar refractivity (Wildman–Crippen MR) is 95.0 cm³/mol. The first kappa shape index (κ1) is 17.7. The van der Waals surface area contributed by atoms with Crippen LogP contribution in [0.2, 0.25) is 5.02 Å². The van der Waals surface area contributed by atoms with Crippen molar-refractivity contribution in [3.63, 3.8) is 0 Å². The van der Waals surface area contributed by atoms with E-state index in [1.165, 1.54) is 0 Å². The van der Waals surface area contributed by atoms with Crippen LogP contribution >= 0.6 is 23.8 Å². The monoisotopic (exact) mass is 352 g/mol. The fraction of sp³-hybridized carbons (Fsp3) is 0.438. The Kier molecular flexibility index (Phi) is 6.36. The molecule has 7 heteroatoms. The van der Waals surface area contributed by atoms with Crippen molar-refractivity contribution in [2.75, 3.05) is 13.1 Å². The lowest BCUT2D eigenvalue weighted by atomic mass is 10.2. The number of hydrogen-bond acceptors (Lipinski definition) is 3. The van der Waals surface area contributed by atoms with Crippen LogP contribution in [0.3, 0.4) is 0 Å². The van der Waals surface area contributed by atoms with Gasteiger partial charge in [0.25, 0.3) is 0 Å². The Labute approximate surface area is 146 Å². The largest absolute Gasteiger partial charge is 0.341 e. The average Bonchev–Trinajstić information content (AvgIpc) is 2.89. The molecule has 0 saturated carbocycles. The highest BCUT2D eigenvalue weighted by molar-refractivity contribution is 7.71. The van der Waals surface area contributed by atoms with Gasteiger partial charge in [-0.1, -0.05) is 25.4 Å². The van der Waals surface area contributed by atoms with Gasteiger partial charge in [0.15, 0.2) is 10.6 Å². The van der Waals surface area contributed by atoms with Crippen LogP contribution in [0.25, 0.3) is 11.4 Å². The van der Waals surface area contributed by atoms with Crippen LogP contribution < -0.4 is 0 Å². The Hall–Kier alpha value is -1.66. The van der Waals surface area contributed by atoms with Crippen molar-refractivity contribution in [2.24, 2.45) is 0 Å². The molecule has 1 heterocycles. The zero-order valence-corrected chi connectivity index (χ0v) is 15.0. The minimum absolute atomic E-state index is 0.0569. The molecule has 1 amide bonds. The molecule has 0 aliphatic carbocycles. The molecule has 1 aromatic heterocycles. The number of aromatic nitrogens is 3. The van der Waals surface area contributed by atoms with E-state index in [0.717, 1.165) is 31.5 Å². The standard InChI is InChI=1S/C16H21ClN4OS/c1-3-9-20(10-4-2)14(22)11-21-15(18-19-16(21)23)12-5-7-13(17)8-6-12/h5-8H,3-4,9-11H2,1-2H3,(H,19,23). The Balaban J connectivity index is 2.26. The normalized spacial score (nSPS) is 10.7. The molecule has 1 aromatic carbocycles.